The summed E-state index contributed by atoms with van der Waals surface area (Å²) < 4.78 is 10.6. The Morgan fingerprint density at radius 2 is 1.94 bits per heavy atom. The predicted octanol–water partition coefficient (Wildman–Crippen LogP) is 1.89. The molecule has 2 rings (SSSR count). The van der Waals surface area contributed by atoms with Gasteiger partial charge in [-0.15, -0.1) is 0 Å². The first kappa shape index (κ1) is 13.2. The summed E-state index contributed by atoms with van der Waals surface area (Å²) in [5.74, 6) is 0.830. The highest BCUT2D eigenvalue weighted by molar-refractivity contribution is 5.47. The third-order valence-corrected chi connectivity index (χ3v) is 3.50. The number of hydrogen-bond donors (Lipinski definition) is 1. The Kier molecular flexibility index (Phi) is 4.44. The van der Waals surface area contributed by atoms with Crippen molar-refractivity contribution in [2.45, 2.75) is 25.5 Å². The second kappa shape index (κ2) is 6.07. The Labute approximate surface area is 109 Å². The minimum atomic E-state index is 0.427. The van der Waals surface area contributed by atoms with Crippen molar-refractivity contribution in [1.82, 2.24) is 4.90 Å². The molecular weight excluding hydrogens is 228 g/mol. The van der Waals surface area contributed by atoms with Crippen LogP contribution in [0, 0.1) is 0 Å². The van der Waals surface area contributed by atoms with Crippen LogP contribution in [0.3, 0.4) is 0 Å². The van der Waals surface area contributed by atoms with Gasteiger partial charge in [0.2, 0.25) is 0 Å². The van der Waals surface area contributed by atoms with Crippen LogP contribution in [0.2, 0.25) is 0 Å². The van der Waals surface area contributed by atoms with Crippen molar-refractivity contribution in [2.75, 3.05) is 33.0 Å². The van der Waals surface area contributed by atoms with E-state index in [0.29, 0.717) is 6.10 Å². The molecule has 4 nitrogen and oxygen atoms in total. The van der Waals surface area contributed by atoms with Crippen LogP contribution in [0.1, 0.15) is 18.4 Å². The van der Waals surface area contributed by atoms with E-state index in [9.17, 15) is 0 Å². The number of nitrogens with zero attached hydrogens (tertiary/aromatic N) is 1. The molecule has 1 saturated heterocycles. The van der Waals surface area contributed by atoms with E-state index in [0.717, 1.165) is 43.9 Å². The predicted molar refractivity (Wildman–Crippen MR) is 72.7 cm³/mol. The van der Waals surface area contributed by atoms with Crippen LogP contribution in [-0.2, 0) is 11.3 Å². The first-order valence-electron chi connectivity index (χ1n) is 6.40. The Hall–Kier alpha value is -1.26. The lowest BCUT2D eigenvalue weighted by Gasteiger charge is -2.31. The van der Waals surface area contributed by atoms with Gasteiger partial charge in [0.25, 0.3) is 0 Å². The molecule has 1 aromatic carbocycles. The normalized spacial score (nSPS) is 17.9. The van der Waals surface area contributed by atoms with E-state index in [-0.39, 0.29) is 0 Å². The molecule has 0 unspecified atom stereocenters. The first-order chi connectivity index (χ1) is 8.71. The van der Waals surface area contributed by atoms with Crippen LogP contribution < -0.4 is 10.5 Å². The van der Waals surface area contributed by atoms with Crippen molar-refractivity contribution in [3.8, 4) is 5.75 Å². The zero-order valence-corrected chi connectivity index (χ0v) is 11.2. The van der Waals surface area contributed by atoms with E-state index in [2.05, 4.69) is 11.0 Å². The molecule has 100 valence electrons. The maximum atomic E-state index is 5.87. The van der Waals surface area contributed by atoms with E-state index in [4.69, 9.17) is 15.2 Å². The van der Waals surface area contributed by atoms with Crippen molar-refractivity contribution >= 4 is 5.69 Å². The number of rotatable bonds is 4. The van der Waals surface area contributed by atoms with Crippen molar-refractivity contribution < 1.29 is 9.47 Å². The zero-order valence-electron chi connectivity index (χ0n) is 11.2. The molecule has 1 fully saturated rings. The summed E-state index contributed by atoms with van der Waals surface area (Å²) in [7, 11) is 3.46. The summed E-state index contributed by atoms with van der Waals surface area (Å²) in [5, 5.41) is 0. The third kappa shape index (κ3) is 3.37. The van der Waals surface area contributed by atoms with Crippen LogP contribution >= 0.6 is 0 Å². The SMILES string of the molecule is COc1cc(N)cc(CN2CCC(OC)CC2)c1. The monoisotopic (exact) mass is 250 g/mol. The van der Waals surface area contributed by atoms with Gasteiger partial charge in [0.15, 0.2) is 0 Å². The molecule has 0 saturated carbocycles. The Bertz CT molecular complexity index is 387. The number of piperidine rings is 1. The van der Waals surface area contributed by atoms with Crippen molar-refractivity contribution in [3.63, 3.8) is 0 Å². The number of benzene rings is 1. The summed E-state index contributed by atoms with van der Waals surface area (Å²) in [4.78, 5) is 2.43. The highest BCUT2D eigenvalue weighted by Gasteiger charge is 2.18. The first-order valence-corrected chi connectivity index (χ1v) is 6.40. The zero-order chi connectivity index (χ0) is 13.0. The average molecular weight is 250 g/mol. The van der Waals surface area contributed by atoms with Crippen molar-refractivity contribution in [3.05, 3.63) is 23.8 Å². The summed E-state index contributed by atoms with van der Waals surface area (Å²) in [6, 6.07) is 5.92. The van der Waals surface area contributed by atoms with Crippen molar-refractivity contribution in [2.24, 2.45) is 0 Å². The lowest BCUT2D eigenvalue weighted by molar-refractivity contribution is 0.0388. The number of methoxy groups -OCH3 is 2. The van der Waals surface area contributed by atoms with E-state index in [1.165, 1.54) is 5.56 Å². The number of likely N-dealkylation sites (tertiary alicyclic amines) is 1. The second-order valence-electron chi connectivity index (χ2n) is 4.83. The van der Waals surface area contributed by atoms with E-state index >= 15 is 0 Å². The quantitative estimate of drug-likeness (QED) is 0.829. The molecule has 0 spiro atoms. The van der Waals surface area contributed by atoms with Crippen LogP contribution in [-0.4, -0.2) is 38.3 Å². The summed E-state index contributed by atoms with van der Waals surface area (Å²) in [6.07, 6.45) is 2.64. The number of ether oxygens (including phenoxy) is 2. The van der Waals surface area contributed by atoms with Crippen molar-refractivity contribution in [1.29, 1.82) is 0 Å². The van der Waals surface area contributed by atoms with Crippen LogP contribution in [0.25, 0.3) is 0 Å². The molecule has 2 N–H and O–H groups in total. The van der Waals surface area contributed by atoms with Gasteiger partial charge in [-0.25, -0.2) is 0 Å². The van der Waals surface area contributed by atoms with Gasteiger partial charge >= 0.3 is 0 Å². The topological polar surface area (TPSA) is 47.7 Å². The molecule has 1 aromatic rings. The molecule has 0 radical (unpaired) electrons. The molecular formula is C14H22N2O2. The third-order valence-electron chi connectivity index (χ3n) is 3.50. The van der Waals surface area contributed by atoms with Gasteiger partial charge in [0.1, 0.15) is 5.75 Å². The second-order valence-corrected chi connectivity index (χ2v) is 4.83. The molecule has 0 amide bonds. The standard InChI is InChI=1S/C14H22N2O2/c1-17-13-3-5-16(6-4-13)10-11-7-12(15)9-14(8-11)18-2/h7-9,13H,3-6,10,15H2,1-2H3. The molecule has 0 bridgehead atoms. The highest BCUT2D eigenvalue weighted by atomic mass is 16.5. The molecule has 0 atom stereocenters. The molecule has 1 aliphatic rings. The molecule has 0 aliphatic carbocycles. The Balaban J connectivity index is 1.95. The highest BCUT2D eigenvalue weighted by Crippen LogP contribution is 2.21. The van der Waals surface area contributed by atoms with Gasteiger partial charge < -0.3 is 15.2 Å². The minimum absolute atomic E-state index is 0.427. The van der Waals surface area contributed by atoms with Gasteiger partial charge in [-0.2, -0.15) is 0 Å². The van der Waals surface area contributed by atoms with Crippen LogP contribution in [0.4, 0.5) is 5.69 Å². The Morgan fingerprint density at radius 1 is 1.22 bits per heavy atom. The van der Waals surface area contributed by atoms with Crippen LogP contribution in [0.15, 0.2) is 18.2 Å². The Morgan fingerprint density at radius 3 is 2.56 bits per heavy atom. The van der Waals surface area contributed by atoms with Gasteiger partial charge in [-0.3, -0.25) is 4.90 Å². The lowest BCUT2D eigenvalue weighted by atomic mass is 10.1. The smallest absolute Gasteiger partial charge is 0.121 e. The van der Waals surface area contributed by atoms with E-state index in [1.807, 2.05) is 12.1 Å². The molecule has 18 heavy (non-hydrogen) atoms. The average Bonchev–Trinajstić information content (AvgIpc) is 2.39. The van der Waals surface area contributed by atoms with Crippen LogP contribution in [0.5, 0.6) is 5.75 Å². The van der Waals surface area contributed by atoms with Gasteiger partial charge in [0, 0.05) is 38.5 Å². The fourth-order valence-corrected chi connectivity index (χ4v) is 2.46. The number of nitrogen functional groups attached to an aromatic ring is 1. The van der Waals surface area contributed by atoms with Gasteiger partial charge in [0.05, 0.1) is 13.2 Å². The molecule has 0 aromatic heterocycles. The van der Waals surface area contributed by atoms with Gasteiger partial charge in [-0.05, 0) is 30.5 Å². The van der Waals surface area contributed by atoms with E-state index in [1.54, 1.807) is 14.2 Å². The van der Waals surface area contributed by atoms with E-state index < -0.39 is 0 Å². The maximum Gasteiger partial charge on any atom is 0.121 e. The number of hydrogen-bond acceptors (Lipinski definition) is 4. The summed E-state index contributed by atoms with van der Waals surface area (Å²) in [5.41, 5.74) is 7.84. The molecule has 1 aliphatic heterocycles. The summed E-state index contributed by atoms with van der Waals surface area (Å²) >= 11 is 0. The molecule has 4 heteroatoms. The largest absolute Gasteiger partial charge is 0.497 e. The number of anilines is 1. The molecule has 1 heterocycles. The minimum Gasteiger partial charge on any atom is -0.497 e. The fourth-order valence-electron chi connectivity index (χ4n) is 2.46. The fraction of sp³-hybridized carbons (Fsp3) is 0.571. The van der Waals surface area contributed by atoms with Gasteiger partial charge in [-0.1, -0.05) is 0 Å². The summed E-state index contributed by atoms with van der Waals surface area (Å²) in [6.45, 7) is 3.09. The lowest BCUT2D eigenvalue weighted by Crippen LogP contribution is -2.36. The maximum absolute atomic E-state index is 5.87. The number of nitrogens with two attached hydrogens (primary N) is 1.